The molecule has 2 aliphatic rings. The predicted molar refractivity (Wildman–Crippen MR) is 81.4 cm³/mol. The maximum atomic E-state index is 6.35. The van der Waals surface area contributed by atoms with Crippen molar-refractivity contribution in [3.63, 3.8) is 0 Å². The summed E-state index contributed by atoms with van der Waals surface area (Å²) in [7, 11) is 0. The van der Waals surface area contributed by atoms with Crippen molar-refractivity contribution in [2.75, 3.05) is 6.54 Å². The first-order valence-electron chi connectivity index (χ1n) is 7.98. The number of piperidine rings is 1. The quantitative estimate of drug-likeness (QED) is 0.651. The maximum absolute atomic E-state index is 6.35. The number of ether oxygens (including phenoxy) is 1. The van der Waals surface area contributed by atoms with E-state index in [1.165, 1.54) is 32.2 Å². The molecule has 2 heteroatoms. The lowest BCUT2D eigenvalue weighted by atomic mass is 9.72. The molecule has 2 fully saturated rings. The average Bonchev–Trinajstić information content (AvgIpc) is 2.57. The van der Waals surface area contributed by atoms with Crippen molar-refractivity contribution in [1.82, 2.24) is 4.90 Å². The lowest BCUT2D eigenvalue weighted by molar-refractivity contribution is -0.123. The van der Waals surface area contributed by atoms with Crippen LogP contribution in [-0.4, -0.2) is 34.7 Å². The highest BCUT2D eigenvalue weighted by molar-refractivity contribution is 5.02. The number of hydrogen-bond acceptors (Lipinski definition) is 2. The van der Waals surface area contributed by atoms with Crippen LogP contribution in [0.5, 0.6) is 0 Å². The van der Waals surface area contributed by atoms with Crippen molar-refractivity contribution in [3.8, 4) is 0 Å². The van der Waals surface area contributed by atoms with E-state index in [2.05, 4.69) is 53.4 Å². The number of nitrogens with zero attached hydrogens (tertiary/aromatic N) is 1. The second kappa shape index (κ2) is 4.73. The van der Waals surface area contributed by atoms with Crippen LogP contribution in [0.3, 0.4) is 0 Å². The minimum Gasteiger partial charge on any atom is -0.372 e. The molecule has 2 aliphatic heterocycles. The third-order valence-corrected chi connectivity index (χ3v) is 5.07. The normalized spacial score (nSPS) is 38.1. The van der Waals surface area contributed by atoms with Gasteiger partial charge >= 0.3 is 0 Å². The highest BCUT2D eigenvalue weighted by atomic mass is 16.5. The van der Waals surface area contributed by atoms with Gasteiger partial charge in [0.2, 0.25) is 0 Å². The Morgan fingerprint density at radius 2 is 1.68 bits per heavy atom. The Bertz CT molecular complexity index is 325. The van der Waals surface area contributed by atoms with Crippen molar-refractivity contribution in [1.29, 1.82) is 0 Å². The Labute approximate surface area is 119 Å². The lowest BCUT2D eigenvalue weighted by Gasteiger charge is -2.54. The summed E-state index contributed by atoms with van der Waals surface area (Å²) in [6, 6.07) is 0.617. The van der Waals surface area contributed by atoms with Gasteiger partial charge in [-0.2, -0.15) is 0 Å². The fraction of sp³-hybridized carbons (Fsp3) is 1.00. The molecule has 3 unspecified atom stereocenters. The summed E-state index contributed by atoms with van der Waals surface area (Å²) in [5.41, 5.74) is 0.749. The van der Waals surface area contributed by atoms with Crippen LogP contribution in [-0.2, 0) is 4.74 Å². The topological polar surface area (TPSA) is 12.5 Å². The van der Waals surface area contributed by atoms with Gasteiger partial charge in [-0.15, -0.1) is 0 Å². The van der Waals surface area contributed by atoms with Crippen molar-refractivity contribution >= 4 is 0 Å². The first-order chi connectivity index (χ1) is 8.54. The first-order valence-corrected chi connectivity index (χ1v) is 7.98. The van der Waals surface area contributed by atoms with E-state index in [-0.39, 0.29) is 11.1 Å². The zero-order chi connectivity index (χ0) is 14.5. The van der Waals surface area contributed by atoms with Crippen molar-refractivity contribution < 1.29 is 4.74 Å². The summed E-state index contributed by atoms with van der Waals surface area (Å²) < 4.78 is 6.35. The summed E-state index contributed by atoms with van der Waals surface area (Å²) >= 11 is 0. The van der Waals surface area contributed by atoms with Crippen LogP contribution in [0, 0.1) is 5.41 Å². The van der Waals surface area contributed by atoms with E-state index in [0.717, 1.165) is 0 Å². The van der Waals surface area contributed by atoms with Crippen LogP contribution in [0.15, 0.2) is 0 Å². The molecule has 0 aromatic heterocycles. The molecule has 2 rings (SSSR count). The molecule has 0 saturated carbocycles. The molecule has 2 heterocycles. The van der Waals surface area contributed by atoms with Crippen LogP contribution in [0.2, 0.25) is 0 Å². The van der Waals surface area contributed by atoms with Crippen LogP contribution < -0.4 is 0 Å². The number of likely N-dealkylation sites (tertiary alicyclic amines) is 1. The third kappa shape index (κ3) is 3.16. The number of hydrogen-bond donors (Lipinski definition) is 0. The summed E-state index contributed by atoms with van der Waals surface area (Å²) in [6.07, 6.45) is 5.38. The van der Waals surface area contributed by atoms with E-state index in [9.17, 15) is 0 Å². The van der Waals surface area contributed by atoms with Gasteiger partial charge in [-0.1, -0.05) is 20.8 Å². The molecule has 0 aliphatic carbocycles. The van der Waals surface area contributed by atoms with Gasteiger partial charge in [0, 0.05) is 18.1 Å². The minimum absolute atomic E-state index is 0.180. The number of rotatable bonds is 0. The summed E-state index contributed by atoms with van der Waals surface area (Å²) in [6.45, 7) is 17.6. The van der Waals surface area contributed by atoms with Crippen LogP contribution in [0.1, 0.15) is 74.1 Å². The van der Waals surface area contributed by atoms with Crippen molar-refractivity contribution in [2.24, 2.45) is 5.41 Å². The third-order valence-electron chi connectivity index (χ3n) is 5.07. The van der Waals surface area contributed by atoms with Gasteiger partial charge < -0.3 is 4.74 Å². The van der Waals surface area contributed by atoms with E-state index in [4.69, 9.17) is 4.74 Å². The molecule has 0 aromatic rings. The van der Waals surface area contributed by atoms with Gasteiger partial charge in [0.05, 0.1) is 11.7 Å². The second-order valence-electron chi connectivity index (χ2n) is 8.85. The zero-order valence-electron chi connectivity index (χ0n) is 14.0. The molecule has 0 N–H and O–H groups in total. The molecule has 0 amide bonds. The Kier molecular flexibility index (Phi) is 3.81. The Morgan fingerprint density at radius 1 is 1.05 bits per heavy atom. The van der Waals surface area contributed by atoms with Crippen molar-refractivity contribution in [2.45, 2.75) is 97.4 Å². The fourth-order valence-electron chi connectivity index (χ4n) is 3.97. The summed E-state index contributed by atoms with van der Waals surface area (Å²) in [4.78, 5) is 2.71. The van der Waals surface area contributed by atoms with Gasteiger partial charge in [0.1, 0.15) is 0 Å². The van der Waals surface area contributed by atoms with Crippen LogP contribution in [0.4, 0.5) is 0 Å². The van der Waals surface area contributed by atoms with Gasteiger partial charge in [0.15, 0.2) is 0 Å². The second-order valence-corrected chi connectivity index (χ2v) is 8.85. The molecule has 3 atom stereocenters. The van der Waals surface area contributed by atoms with E-state index >= 15 is 0 Å². The standard InChI is InChI=1S/C17H33NO/c1-13-8-9-17(19-13)10-11-18(16(5,6)7)14(12-17)15(2,3)4/h13-14H,8-12H2,1-7H3. The average molecular weight is 267 g/mol. The van der Waals surface area contributed by atoms with E-state index in [1.807, 2.05) is 0 Å². The highest BCUT2D eigenvalue weighted by Crippen LogP contribution is 2.46. The predicted octanol–water partition coefficient (Wildman–Crippen LogP) is 4.23. The lowest BCUT2D eigenvalue weighted by Crippen LogP contribution is -2.60. The minimum atomic E-state index is 0.180. The van der Waals surface area contributed by atoms with E-state index in [1.54, 1.807) is 0 Å². The van der Waals surface area contributed by atoms with Crippen LogP contribution in [0.25, 0.3) is 0 Å². The smallest absolute Gasteiger partial charge is 0.0714 e. The Balaban J connectivity index is 2.21. The van der Waals surface area contributed by atoms with Gasteiger partial charge in [-0.25, -0.2) is 0 Å². The molecule has 112 valence electrons. The monoisotopic (exact) mass is 267 g/mol. The molecule has 2 nitrogen and oxygen atoms in total. The van der Waals surface area contributed by atoms with Crippen molar-refractivity contribution in [3.05, 3.63) is 0 Å². The first kappa shape index (κ1) is 15.3. The fourth-order valence-corrected chi connectivity index (χ4v) is 3.97. The molecular weight excluding hydrogens is 234 g/mol. The molecule has 1 spiro atoms. The highest BCUT2D eigenvalue weighted by Gasteiger charge is 2.49. The van der Waals surface area contributed by atoms with E-state index < -0.39 is 0 Å². The molecule has 19 heavy (non-hydrogen) atoms. The van der Waals surface area contributed by atoms with Gasteiger partial charge in [-0.05, 0) is 58.8 Å². The van der Waals surface area contributed by atoms with Gasteiger partial charge in [-0.3, -0.25) is 4.90 Å². The largest absolute Gasteiger partial charge is 0.372 e. The maximum Gasteiger partial charge on any atom is 0.0714 e. The summed E-state index contributed by atoms with van der Waals surface area (Å²) in [5, 5.41) is 0. The molecule has 2 saturated heterocycles. The molecular formula is C17H33NO. The molecule has 0 bridgehead atoms. The van der Waals surface area contributed by atoms with E-state index in [0.29, 0.717) is 17.6 Å². The molecule has 0 radical (unpaired) electrons. The van der Waals surface area contributed by atoms with Gasteiger partial charge in [0.25, 0.3) is 0 Å². The Morgan fingerprint density at radius 3 is 2.11 bits per heavy atom. The zero-order valence-corrected chi connectivity index (χ0v) is 14.0. The SMILES string of the molecule is CC1CCC2(CCN(C(C)(C)C)C(C(C)(C)C)C2)O1. The molecule has 0 aromatic carbocycles. The van der Waals surface area contributed by atoms with Crippen LogP contribution >= 0.6 is 0 Å². The summed E-state index contributed by atoms with van der Waals surface area (Å²) in [5.74, 6) is 0. The Hall–Kier alpha value is -0.0800.